The first kappa shape index (κ1) is 22.2. The third kappa shape index (κ3) is 6.97. The lowest BCUT2D eigenvalue weighted by molar-refractivity contribution is 0.102. The molecule has 0 atom stereocenters. The van der Waals surface area contributed by atoms with Crippen LogP contribution in [-0.4, -0.2) is 19.1 Å². The first-order valence-electron chi connectivity index (χ1n) is 11.1. The molecule has 0 aliphatic rings. The van der Waals surface area contributed by atoms with Crippen molar-refractivity contribution in [2.24, 2.45) is 0 Å². The van der Waals surface area contributed by atoms with Gasteiger partial charge in [-0.2, -0.15) is 0 Å². The highest BCUT2D eigenvalue weighted by molar-refractivity contribution is 6.04. The van der Waals surface area contributed by atoms with Gasteiger partial charge in [0.2, 0.25) is 0 Å². The predicted octanol–water partition coefficient (Wildman–Crippen LogP) is 6.18. The standard InChI is InChI=1S/C29H27NO3/c31-29(25-13-7-15-27(21-25)32-19-17-23-9-3-1-4-10-23)30-26-14-8-16-28(22-26)33-20-18-24-11-5-2-6-12-24/h1-16,21-22H,17-20H2,(H,30,31). The van der Waals surface area contributed by atoms with Crippen LogP contribution in [0.3, 0.4) is 0 Å². The Hall–Kier alpha value is -4.05. The minimum atomic E-state index is -0.190. The highest BCUT2D eigenvalue weighted by Gasteiger charge is 2.08. The number of nitrogens with one attached hydrogen (secondary N) is 1. The van der Waals surface area contributed by atoms with E-state index in [-0.39, 0.29) is 5.91 Å². The maximum absolute atomic E-state index is 12.8. The van der Waals surface area contributed by atoms with Gasteiger partial charge in [-0.05, 0) is 41.5 Å². The number of benzene rings is 4. The lowest BCUT2D eigenvalue weighted by Crippen LogP contribution is -2.12. The molecule has 4 aromatic carbocycles. The Labute approximate surface area is 194 Å². The van der Waals surface area contributed by atoms with Crippen LogP contribution >= 0.6 is 0 Å². The van der Waals surface area contributed by atoms with E-state index in [0.29, 0.717) is 30.2 Å². The Morgan fingerprint density at radius 2 is 1.15 bits per heavy atom. The van der Waals surface area contributed by atoms with E-state index < -0.39 is 0 Å². The molecule has 0 radical (unpaired) electrons. The Balaban J connectivity index is 1.29. The quantitative estimate of drug-likeness (QED) is 0.322. The van der Waals surface area contributed by atoms with Gasteiger partial charge in [0.15, 0.2) is 0 Å². The molecule has 0 spiro atoms. The normalized spacial score (nSPS) is 10.4. The summed E-state index contributed by atoms with van der Waals surface area (Å²) >= 11 is 0. The van der Waals surface area contributed by atoms with Gasteiger partial charge >= 0.3 is 0 Å². The van der Waals surface area contributed by atoms with Crippen LogP contribution < -0.4 is 14.8 Å². The molecule has 0 aliphatic carbocycles. The minimum absolute atomic E-state index is 0.190. The maximum atomic E-state index is 12.8. The molecule has 4 aromatic rings. The van der Waals surface area contributed by atoms with Crippen molar-refractivity contribution < 1.29 is 14.3 Å². The molecule has 0 fully saturated rings. The number of carbonyl (C=O) groups excluding carboxylic acids is 1. The number of hydrogen-bond acceptors (Lipinski definition) is 3. The summed E-state index contributed by atoms with van der Waals surface area (Å²) in [5, 5.41) is 2.94. The van der Waals surface area contributed by atoms with E-state index in [9.17, 15) is 4.79 Å². The summed E-state index contributed by atoms with van der Waals surface area (Å²) in [7, 11) is 0. The zero-order valence-electron chi connectivity index (χ0n) is 18.4. The second-order valence-corrected chi connectivity index (χ2v) is 7.68. The van der Waals surface area contributed by atoms with Gasteiger partial charge in [-0.25, -0.2) is 0 Å². The SMILES string of the molecule is O=C(Nc1cccc(OCCc2ccccc2)c1)c1cccc(OCCc2ccccc2)c1. The molecular weight excluding hydrogens is 410 g/mol. The fourth-order valence-electron chi connectivity index (χ4n) is 3.46. The van der Waals surface area contributed by atoms with Gasteiger partial charge in [-0.1, -0.05) is 72.8 Å². The number of amides is 1. The number of anilines is 1. The van der Waals surface area contributed by atoms with Crippen molar-refractivity contribution >= 4 is 11.6 Å². The molecule has 166 valence electrons. The first-order valence-corrected chi connectivity index (χ1v) is 11.1. The fourth-order valence-corrected chi connectivity index (χ4v) is 3.46. The van der Waals surface area contributed by atoms with Crippen molar-refractivity contribution in [3.8, 4) is 11.5 Å². The molecule has 1 N–H and O–H groups in total. The summed E-state index contributed by atoms with van der Waals surface area (Å²) in [4.78, 5) is 12.8. The van der Waals surface area contributed by atoms with E-state index in [1.807, 2.05) is 72.8 Å². The topological polar surface area (TPSA) is 47.6 Å². The molecule has 0 saturated carbocycles. The van der Waals surface area contributed by atoms with Crippen molar-refractivity contribution in [2.75, 3.05) is 18.5 Å². The van der Waals surface area contributed by atoms with Gasteiger partial charge in [-0.15, -0.1) is 0 Å². The van der Waals surface area contributed by atoms with Crippen molar-refractivity contribution in [1.82, 2.24) is 0 Å². The van der Waals surface area contributed by atoms with Crippen LogP contribution in [-0.2, 0) is 12.8 Å². The monoisotopic (exact) mass is 437 g/mol. The van der Waals surface area contributed by atoms with Gasteiger partial charge in [0.1, 0.15) is 11.5 Å². The smallest absolute Gasteiger partial charge is 0.255 e. The van der Waals surface area contributed by atoms with E-state index in [4.69, 9.17) is 9.47 Å². The molecule has 1 amide bonds. The zero-order valence-corrected chi connectivity index (χ0v) is 18.4. The van der Waals surface area contributed by atoms with Gasteiger partial charge in [-0.3, -0.25) is 4.79 Å². The Bertz CT molecular complexity index is 1160. The summed E-state index contributed by atoms with van der Waals surface area (Å²) in [5.74, 6) is 1.21. The predicted molar refractivity (Wildman–Crippen MR) is 132 cm³/mol. The molecule has 0 aliphatic heterocycles. The van der Waals surface area contributed by atoms with Crippen LogP contribution in [0.4, 0.5) is 5.69 Å². The van der Waals surface area contributed by atoms with Gasteiger partial charge in [0.05, 0.1) is 13.2 Å². The lowest BCUT2D eigenvalue weighted by Gasteiger charge is -2.11. The molecule has 0 saturated heterocycles. The van der Waals surface area contributed by atoms with Gasteiger partial charge < -0.3 is 14.8 Å². The first-order chi connectivity index (χ1) is 16.3. The average Bonchev–Trinajstić information content (AvgIpc) is 2.86. The van der Waals surface area contributed by atoms with E-state index in [1.54, 1.807) is 12.1 Å². The second-order valence-electron chi connectivity index (χ2n) is 7.68. The summed E-state index contributed by atoms with van der Waals surface area (Å²) in [5.41, 5.74) is 3.68. The van der Waals surface area contributed by atoms with Gasteiger partial charge in [0, 0.05) is 30.2 Å². The Morgan fingerprint density at radius 3 is 1.76 bits per heavy atom. The third-order valence-corrected chi connectivity index (χ3v) is 5.19. The summed E-state index contributed by atoms with van der Waals surface area (Å²) < 4.78 is 11.7. The summed E-state index contributed by atoms with van der Waals surface area (Å²) in [6, 6.07) is 35.1. The number of hydrogen-bond donors (Lipinski definition) is 1. The summed E-state index contributed by atoms with van der Waals surface area (Å²) in [6.45, 7) is 1.13. The van der Waals surface area contributed by atoms with Crippen molar-refractivity contribution in [3.63, 3.8) is 0 Å². The van der Waals surface area contributed by atoms with Crippen LogP contribution in [0.1, 0.15) is 21.5 Å². The van der Waals surface area contributed by atoms with Crippen LogP contribution in [0.5, 0.6) is 11.5 Å². The number of ether oxygens (including phenoxy) is 2. The highest BCUT2D eigenvalue weighted by Crippen LogP contribution is 2.20. The van der Waals surface area contributed by atoms with Crippen LogP contribution in [0.15, 0.2) is 109 Å². The van der Waals surface area contributed by atoms with E-state index in [0.717, 1.165) is 18.6 Å². The molecule has 33 heavy (non-hydrogen) atoms. The minimum Gasteiger partial charge on any atom is -0.493 e. The van der Waals surface area contributed by atoms with Crippen LogP contribution in [0.2, 0.25) is 0 Å². The fraction of sp³-hybridized carbons (Fsp3) is 0.138. The van der Waals surface area contributed by atoms with E-state index in [1.165, 1.54) is 11.1 Å². The number of rotatable bonds is 10. The van der Waals surface area contributed by atoms with Crippen molar-refractivity contribution in [1.29, 1.82) is 0 Å². The zero-order chi connectivity index (χ0) is 22.7. The molecular formula is C29H27NO3. The van der Waals surface area contributed by atoms with E-state index in [2.05, 4.69) is 29.6 Å². The highest BCUT2D eigenvalue weighted by atomic mass is 16.5. The van der Waals surface area contributed by atoms with Crippen LogP contribution in [0.25, 0.3) is 0 Å². The Morgan fingerprint density at radius 1 is 0.606 bits per heavy atom. The lowest BCUT2D eigenvalue weighted by atomic mass is 10.1. The second kappa shape index (κ2) is 11.5. The molecule has 4 heteroatoms. The largest absolute Gasteiger partial charge is 0.493 e. The molecule has 0 heterocycles. The van der Waals surface area contributed by atoms with Crippen LogP contribution in [0, 0.1) is 0 Å². The Kier molecular flexibility index (Phi) is 7.74. The van der Waals surface area contributed by atoms with Crippen molar-refractivity contribution in [3.05, 3.63) is 126 Å². The average molecular weight is 438 g/mol. The molecule has 0 bridgehead atoms. The third-order valence-electron chi connectivity index (χ3n) is 5.19. The van der Waals surface area contributed by atoms with Crippen molar-refractivity contribution in [2.45, 2.75) is 12.8 Å². The van der Waals surface area contributed by atoms with Gasteiger partial charge in [0.25, 0.3) is 5.91 Å². The molecule has 4 rings (SSSR count). The molecule has 0 unspecified atom stereocenters. The number of carbonyl (C=O) groups is 1. The molecule has 0 aromatic heterocycles. The molecule has 4 nitrogen and oxygen atoms in total. The maximum Gasteiger partial charge on any atom is 0.255 e. The summed E-state index contributed by atoms with van der Waals surface area (Å²) in [6.07, 6.45) is 1.64. The van der Waals surface area contributed by atoms with E-state index >= 15 is 0 Å².